The molecule has 25 heavy (non-hydrogen) atoms. The summed E-state index contributed by atoms with van der Waals surface area (Å²) in [6.07, 6.45) is 0.367. The second-order valence-corrected chi connectivity index (χ2v) is 6.65. The maximum atomic E-state index is 12.2. The van der Waals surface area contributed by atoms with E-state index in [9.17, 15) is 9.59 Å². The van der Waals surface area contributed by atoms with Gasteiger partial charge in [-0.2, -0.15) is 0 Å². The van der Waals surface area contributed by atoms with Crippen LogP contribution in [-0.2, 0) is 4.79 Å². The molecule has 0 saturated carbocycles. The molecule has 2 aromatic rings. The molecule has 8 heteroatoms. The van der Waals surface area contributed by atoms with Gasteiger partial charge in [-0.3, -0.25) is 14.9 Å². The molecule has 0 radical (unpaired) electrons. The number of amides is 2. The number of thiocarbonyl (C=S) groups is 1. The van der Waals surface area contributed by atoms with E-state index in [4.69, 9.17) is 23.8 Å². The molecule has 0 saturated heterocycles. The number of carbonyl (C=O) groups is 2. The van der Waals surface area contributed by atoms with Crippen molar-refractivity contribution >= 4 is 68.1 Å². The van der Waals surface area contributed by atoms with Crippen LogP contribution in [0, 0.1) is 0 Å². The quantitative estimate of drug-likeness (QED) is 0.609. The highest BCUT2D eigenvalue weighted by atomic mass is 79.9. The minimum atomic E-state index is -0.350. The molecule has 0 atom stereocenters. The number of hydrogen-bond donors (Lipinski definition) is 3. The van der Waals surface area contributed by atoms with Crippen molar-refractivity contribution in [3.63, 3.8) is 0 Å². The van der Waals surface area contributed by atoms with Gasteiger partial charge in [0.1, 0.15) is 0 Å². The van der Waals surface area contributed by atoms with Gasteiger partial charge in [-0.25, -0.2) is 0 Å². The van der Waals surface area contributed by atoms with Gasteiger partial charge in [-0.15, -0.1) is 0 Å². The third-order valence-corrected chi connectivity index (χ3v) is 4.39. The van der Waals surface area contributed by atoms with Crippen LogP contribution in [0.5, 0.6) is 0 Å². The van der Waals surface area contributed by atoms with Crippen LogP contribution in [0.15, 0.2) is 46.9 Å². The largest absolute Gasteiger partial charge is 0.331 e. The van der Waals surface area contributed by atoms with E-state index in [-0.39, 0.29) is 16.9 Å². The van der Waals surface area contributed by atoms with Gasteiger partial charge in [0.25, 0.3) is 5.91 Å². The Morgan fingerprint density at radius 2 is 1.88 bits per heavy atom. The lowest BCUT2D eigenvalue weighted by atomic mass is 10.2. The Labute approximate surface area is 164 Å². The average Bonchev–Trinajstić information content (AvgIpc) is 2.58. The number of anilines is 2. The third-order valence-electron chi connectivity index (χ3n) is 3.16. The molecule has 130 valence electrons. The molecule has 0 heterocycles. The van der Waals surface area contributed by atoms with Crippen LogP contribution in [0.2, 0.25) is 5.02 Å². The third kappa shape index (κ3) is 5.52. The molecule has 0 spiro atoms. The van der Waals surface area contributed by atoms with Gasteiger partial charge < -0.3 is 10.6 Å². The van der Waals surface area contributed by atoms with Crippen molar-refractivity contribution < 1.29 is 9.59 Å². The molecule has 0 aliphatic rings. The van der Waals surface area contributed by atoms with Crippen LogP contribution in [0.25, 0.3) is 0 Å². The van der Waals surface area contributed by atoms with Crippen LogP contribution >= 0.6 is 39.7 Å². The Balaban J connectivity index is 2.07. The van der Waals surface area contributed by atoms with E-state index in [0.717, 1.165) is 0 Å². The number of halogens is 2. The number of nitrogens with one attached hydrogen (secondary N) is 3. The van der Waals surface area contributed by atoms with E-state index in [2.05, 4.69) is 31.9 Å². The molecule has 0 aliphatic heterocycles. The van der Waals surface area contributed by atoms with Crippen molar-refractivity contribution in [2.45, 2.75) is 13.3 Å². The van der Waals surface area contributed by atoms with Crippen LogP contribution < -0.4 is 16.0 Å². The standard InChI is InChI=1S/C17H15BrClN3O2S/c1-2-15(23)20-10-7-8-13(19)14(9-10)21-17(25)22-16(24)11-5-3-4-6-12(11)18/h3-9H,2H2,1H3,(H,20,23)(H2,21,22,24,25). The summed E-state index contributed by atoms with van der Waals surface area (Å²) in [7, 11) is 0. The molecule has 2 amide bonds. The van der Waals surface area contributed by atoms with Crippen molar-refractivity contribution in [2.24, 2.45) is 0 Å². The molecular formula is C17H15BrClN3O2S. The van der Waals surface area contributed by atoms with Gasteiger partial charge in [0, 0.05) is 16.6 Å². The summed E-state index contributed by atoms with van der Waals surface area (Å²) in [5.41, 5.74) is 1.52. The van der Waals surface area contributed by atoms with E-state index in [1.807, 2.05) is 6.07 Å². The SMILES string of the molecule is CCC(=O)Nc1ccc(Cl)c(NC(=S)NC(=O)c2ccccc2Br)c1. The molecule has 0 bridgehead atoms. The Kier molecular flexibility index (Phi) is 6.92. The summed E-state index contributed by atoms with van der Waals surface area (Å²) in [6, 6.07) is 12.0. The molecule has 3 N–H and O–H groups in total. The summed E-state index contributed by atoms with van der Waals surface area (Å²) in [5, 5.41) is 8.69. The number of carbonyl (C=O) groups excluding carboxylic acids is 2. The van der Waals surface area contributed by atoms with E-state index in [1.165, 1.54) is 0 Å². The van der Waals surface area contributed by atoms with Crippen molar-refractivity contribution in [1.29, 1.82) is 0 Å². The first-order valence-electron chi connectivity index (χ1n) is 7.37. The van der Waals surface area contributed by atoms with Crippen LogP contribution in [0.3, 0.4) is 0 Å². The smallest absolute Gasteiger partial charge is 0.258 e. The normalized spacial score (nSPS) is 10.0. The van der Waals surface area contributed by atoms with Crippen LogP contribution in [0.4, 0.5) is 11.4 Å². The fourth-order valence-corrected chi connectivity index (χ4v) is 2.75. The summed E-state index contributed by atoms with van der Waals surface area (Å²) in [6.45, 7) is 1.76. The van der Waals surface area contributed by atoms with Gasteiger partial charge in [0.2, 0.25) is 5.91 Å². The highest BCUT2D eigenvalue weighted by Crippen LogP contribution is 2.25. The van der Waals surface area contributed by atoms with Crippen LogP contribution in [-0.4, -0.2) is 16.9 Å². The molecule has 5 nitrogen and oxygen atoms in total. The van der Waals surface area contributed by atoms with Gasteiger partial charge in [-0.05, 0) is 58.5 Å². The Morgan fingerprint density at radius 3 is 2.56 bits per heavy atom. The fourth-order valence-electron chi connectivity index (χ4n) is 1.92. The topological polar surface area (TPSA) is 70.2 Å². The summed E-state index contributed by atoms with van der Waals surface area (Å²) in [5.74, 6) is -0.463. The second-order valence-electron chi connectivity index (χ2n) is 4.98. The minimum Gasteiger partial charge on any atom is -0.331 e. The van der Waals surface area contributed by atoms with Crippen molar-refractivity contribution in [1.82, 2.24) is 5.32 Å². The molecule has 0 aliphatic carbocycles. The Bertz CT molecular complexity index is 829. The molecular weight excluding hydrogens is 426 g/mol. The first-order valence-corrected chi connectivity index (χ1v) is 8.95. The monoisotopic (exact) mass is 439 g/mol. The summed E-state index contributed by atoms with van der Waals surface area (Å²) >= 11 is 14.6. The van der Waals surface area contributed by atoms with Gasteiger partial charge in [0.15, 0.2) is 5.11 Å². The predicted molar refractivity (Wildman–Crippen MR) is 108 cm³/mol. The lowest BCUT2D eigenvalue weighted by Gasteiger charge is -2.13. The van der Waals surface area contributed by atoms with Crippen molar-refractivity contribution in [3.8, 4) is 0 Å². The minimum absolute atomic E-state index is 0.0987. The molecule has 0 aromatic heterocycles. The maximum Gasteiger partial charge on any atom is 0.258 e. The second kappa shape index (κ2) is 8.94. The molecule has 2 aromatic carbocycles. The Morgan fingerprint density at radius 1 is 1.16 bits per heavy atom. The molecule has 0 unspecified atom stereocenters. The molecule has 0 fully saturated rings. The van der Waals surface area contributed by atoms with Gasteiger partial charge in [0.05, 0.1) is 16.3 Å². The number of hydrogen-bond acceptors (Lipinski definition) is 3. The van der Waals surface area contributed by atoms with E-state index in [0.29, 0.717) is 32.9 Å². The highest BCUT2D eigenvalue weighted by molar-refractivity contribution is 9.10. The van der Waals surface area contributed by atoms with E-state index < -0.39 is 0 Å². The van der Waals surface area contributed by atoms with E-state index >= 15 is 0 Å². The fraction of sp³-hybridized carbons (Fsp3) is 0.118. The number of benzene rings is 2. The summed E-state index contributed by atoms with van der Waals surface area (Å²) in [4.78, 5) is 23.7. The van der Waals surface area contributed by atoms with Gasteiger partial charge in [-0.1, -0.05) is 30.7 Å². The summed E-state index contributed by atoms with van der Waals surface area (Å²) < 4.78 is 0.664. The lowest BCUT2D eigenvalue weighted by Crippen LogP contribution is -2.34. The molecule has 2 rings (SSSR count). The first-order chi connectivity index (χ1) is 11.9. The zero-order chi connectivity index (χ0) is 18.4. The van der Waals surface area contributed by atoms with Gasteiger partial charge >= 0.3 is 0 Å². The maximum absolute atomic E-state index is 12.2. The highest BCUT2D eigenvalue weighted by Gasteiger charge is 2.12. The number of rotatable bonds is 4. The average molecular weight is 441 g/mol. The van der Waals surface area contributed by atoms with Crippen LogP contribution in [0.1, 0.15) is 23.7 Å². The lowest BCUT2D eigenvalue weighted by molar-refractivity contribution is -0.115. The Hall–Kier alpha value is -1.96. The van der Waals surface area contributed by atoms with E-state index in [1.54, 1.807) is 43.3 Å². The van der Waals surface area contributed by atoms with Crippen molar-refractivity contribution in [2.75, 3.05) is 10.6 Å². The zero-order valence-corrected chi connectivity index (χ0v) is 16.4. The predicted octanol–water partition coefficient (Wildman–Crippen LogP) is 4.58. The van der Waals surface area contributed by atoms with Crippen molar-refractivity contribution in [3.05, 3.63) is 57.5 Å². The zero-order valence-electron chi connectivity index (χ0n) is 13.2. The first kappa shape index (κ1) is 19.4.